The van der Waals surface area contributed by atoms with E-state index in [4.69, 9.17) is 0 Å². The van der Waals surface area contributed by atoms with Gasteiger partial charge in [0.05, 0.1) is 0 Å². The summed E-state index contributed by atoms with van der Waals surface area (Å²) in [6, 6.07) is 5.16. The van der Waals surface area contributed by atoms with Gasteiger partial charge in [-0.2, -0.15) is 0 Å². The SMILES string of the molecule is Cc1cc(CNC2CCCN(C(C)C)CC2)cc(C)c1F. The maximum Gasteiger partial charge on any atom is 0.129 e. The molecule has 1 aliphatic rings. The molecule has 1 N–H and O–H groups in total. The molecule has 3 heteroatoms. The van der Waals surface area contributed by atoms with Crippen LogP contribution in [0.2, 0.25) is 0 Å². The van der Waals surface area contributed by atoms with Crippen molar-refractivity contribution < 1.29 is 4.39 Å². The number of likely N-dealkylation sites (tertiary alicyclic amines) is 1. The summed E-state index contributed by atoms with van der Waals surface area (Å²) >= 11 is 0. The normalized spacial score (nSPS) is 20.8. The van der Waals surface area contributed by atoms with Gasteiger partial charge in [0.2, 0.25) is 0 Å². The van der Waals surface area contributed by atoms with Crippen LogP contribution < -0.4 is 5.32 Å². The molecule has 1 saturated heterocycles. The summed E-state index contributed by atoms with van der Waals surface area (Å²) in [5.41, 5.74) is 2.69. The predicted molar refractivity (Wildman–Crippen MR) is 87.1 cm³/mol. The van der Waals surface area contributed by atoms with Crippen molar-refractivity contribution in [2.75, 3.05) is 13.1 Å². The van der Waals surface area contributed by atoms with Gasteiger partial charge in [-0.25, -0.2) is 4.39 Å². The average molecular weight is 292 g/mol. The molecular formula is C18H29FN2. The fourth-order valence-electron chi connectivity index (χ4n) is 3.24. The van der Waals surface area contributed by atoms with Crippen LogP contribution in [-0.4, -0.2) is 30.1 Å². The minimum atomic E-state index is -0.0687. The fraction of sp³-hybridized carbons (Fsp3) is 0.667. The molecule has 118 valence electrons. The van der Waals surface area contributed by atoms with Crippen LogP contribution in [0.15, 0.2) is 12.1 Å². The topological polar surface area (TPSA) is 15.3 Å². The van der Waals surface area contributed by atoms with E-state index in [1.54, 1.807) is 0 Å². The molecule has 1 unspecified atom stereocenters. The van der Waals surface area contributed by atoms with Crippen LogP contribution in [0.1, 0.15) is 49.8 Å². The molecule has 0 radical (unpaired) electrons. The minimum Gasteiger partial charge on any atom is -0.310 e. The molecule has 1 aromatic carbocycles. The summed E-state index contributed by atoms with van der Waals surface area (Å²) in [4.78, 5) is 2.56. The number of hydrogen-bond donors (Lipinski definition) is 1. The van der Waals surface area contributed by atoms with Crippen LogP contribution in [-0.2, 0) is 6.54 Å². The van der Waals surface area contributed by atoms with Crippen LogP contribution in [0.25, 0.3) is 0 Å². The lowest BCUT2D eigenvalue weighted by atomic mass is 10.0. The zero-order valence-corrected chi connectivity index (χ0v) is 13.9. The lowest BCUT2D eigenvalue weighted by molar-refractivity contribution is 0.229. The monoisotopic (exact) mass is 292 g/mol. The number of hydrogen-bond acceptors (Lipinski definition) is 2. The second-order valence-electron chi connectivity index (χ2n) is 6.68. The minimum absolute atomic E-state index is 0.0687. The number of halogens is 1. The molecule has 0 bridgehead atoms. The van der Waals surface area contributed by atoms with Gasteiger partial charge in [0, 0.05) is 18.6 Å². The van der Waals surface area contributed by atoms with Gasteiger partial charge < -0.3 is 10.2 Å². The highest BCUT2D eigenvalue weighted by Crippen LogP contribution is 2.17. The van der Waals surface area contributed by atoms with Gasteiger partial charge >= 0.3 is 0 Å². The zero-order valence-electron chi connectivity index (χ0n) is 13.9. The van der Waals surface area contributed by atoms with Crippen molar-refractivity contribution in [3.05, 3.63) is 34.6 Å². The number of nitrogens with one attached hydrogen (secondary N) is 1. The Labute approximate surface area is 128 Å². The lowest BCUT2D eigenvalue weighted by Crippen LogP contribution is -2.33. The van der Waals surface area contributed by atoms with Gasteiger partial charge in [-0.15, -0.1) is 0 Å². The molecule has 0 aliphatic carbocycles. The largest absolute Gasteiger partial charge is 0.310 e. The third kappa shape index (κ3) is 4.52. The summed E-state index contributed by atoms with van der Waals surface area (Å²) in [6.45, 7) is 11.5. The highest BCUT2D eigenvalue weighted by atomic mass is 19.1. The Balaban J connectivity index is 1.88. The van der Waals surface area contributed by atoms with Gasteiger partial charge in [-0.3, -0.25) is 0 Å². The van der Waals surface area contributed by atoms with Gasteiger partial charge in [0.15, 0.2) is 0 Å². The van der Waals surface area contributed by atoms with Crippen molar-refractivity contribution >= 4 is 0 Å². The first-order chi connectivity index (χ1) is 9.97. The molecule has 0 amide bonds. The maximum atomic E-state index is 13.7. The Kier molecular flexibility index (Phi) is 5.77. The van der Waals surface area contributed by atoms with Crippen LogP contribution in [0.4, 0.5) is 4.39 Å². The van der Waals surface area contributed by atoms with E-state index in [9.17, 15) is 4.39 Å². The molecule has 0 aromatic heterocycles. The molecule has 2 nitrogen and oxygen atoms in total. The molecule has 0 spiro atoms. The Morgan fingerprint density at radius 3 is 2.48 bits per heavy atom. The molecule has 2 rings (SSSR count). The number of aryl methyl sites for hydroxylation is 2. The maximum absolute atomic E-state index is 13.7. The molecule has 1 fully saturated rings. The first-order valence-electron chi connectivity index (χ1n) is 8.20. The summed E-state index contributed by atoms with van der Waals surface area (Å²) in [5.74, 6) is -0.0687. The van der Waals surface area contributed by atoms with E-state index in [1.807, 2.05) is 26.0 Å². The number of rotatable bonds is 4. The van der Waals surface area contributed by atoms with E-state index >= 15 is 0 Å². The standard InChI is InChI=1S/C18H29FN2/c1-13(2)21-8-5-6-17(7-9-21)20-12-16-10-14(3)18(19)15(4)11-16/h10-11,13,17,20H,5-9,12H2,1-4H3. The third-order valence-corrected chi connectivity index (χ3v) is 4.58. The van der Waals surface area contributed by atoms with Crippen LogP contribution in [0.3, 0.4) is 0 Å². The fourth-order valence-corrected chi connectivity index (χ4v) is 3.24. The summed E-state index contributed by atoms with van der Waals surface area (Å²) in [6.07, 6.45) is 3.71. The lowest BCUT2D eigenvalue weighted by Gasteiger charge is -2.24. The summed E-state index contributed by atoms with van der Waals surface area (Å²) < 4.78 is 13.7. The Morgan fingerprint density at radius 2 is 1.86 bits per heavy atom. The van der Waals surface area contributed by atoms with Crippen molar-refractivity contribution in [1.29, 1.82) is 0 Å². The molecule has 1 aromatic rings. The Bertz CT molecular complexity index is 447. The summed E-state index contributed by atoms with van der Waals surface area (Å²) in [7, 11) is 0. The van der Waals surface area contributed by atoms with Gasteiger partial charge in [0.25, 0.3) is 0 Å². The highest BCUT2D eigenvalue weighted by Gasteiger charge is 2.18. The molecular weight excluding hydrogens is 263 g/mol. The second kappa shape index (κ2) is 7.37. The van der Waals surface area contributed by atoms with Gasteiger partial charge in [-0.1, -0.05) is 12.1 Å². The first kappa shape index (κ1) is 16.4. The van der Waals surface area contributed by atoms with Crippen molar-refractivity contribution in [3.8, 4) is 0 Å². The van der Waals surface area contributed by atoms with E-state index in [0.29, 0.717) is 12.1 Å². The second-order valence-corrected chi connectivity index (χ2v) is 6.68. The Hall–Kier alpha value is -0.930. The molecule has 1 heterocycles. The van der Waals surface area contributed by atoms with Crippen molar-refractivity contribution in [1.82, 2.24) is 10.2 Å². The third-order valence-electron chi connectivity index (χ3n) is 4.58. The Morgan fingerprint density at radius 1 is 1.19 bits per heavy atom. The molecule has 1 atom stereocenters. The predicted octanol–water partition coefficient (Wildman–Crippen LogP) is 3.80. The van der Waals surface area contributed by atoms with Crippen LogP contribution in [0.5, 0.6) is 0 Å². The quantitative estimate of drug-likeness (QED) is 0.908. The average Bonchev–Trinajstić information content (AvgIpc) is 2.68. The number of nitrogens with zero attached hydrogens (tertiary/aromatic N) is 1. The van der Waals surface area contributed by atoms with Crippen molar-refractivity contribution in [2.45, 2.75) is 65.6 Å². The number of benzene rings is 1. The van der Waals surface area contributed by atoms with E-state index in [2.05, 4.69) is 24.1 Å². The summed E-state index contributed by atoms with van der Waals surface area (Å²) in [5, 5.41) is 3.66. The van der Waals surface area contributed by atoms with E-state index in [-0.39, 0.29) is 5.82 Å². The van der Waals surface area contributed by atoms with Gasteiger partial charge in [0.1, 0.15) is 5.82 Å². The van der Waals surface area contributed by atoms with Crippen LogP contribution in [0, 0.1) is 19.7 Å². The van der Waals surface area contributed by atoms with E-state index < -0.39 is 0 Å². The van der Waals surface area contributed by atoms with Crippen LogP contribution >= 0.6 is 0 Å². The molecule has 1 aliphatic heterocycles. The van der Waals surface area contributed by atoms with E-state index in [0.717, 1.165) is 17.7 Å². The van der Waals surface area contributed by atoms with Crippen molar-refractivity contribution in [2.24, 2.45) is 0 Å². The van der Waals surface area contributed by atoms with Crippen molar-refractivity contribution in [3.63, 3.8) is 0 Å². The smallest absolute Gasteiger partial charge is 0.129 e. The van der Waals surface area contributed by atoms with E-state index in [1.165, 1.54) is 37.9 Å². The molecule has 0 saturated carbocycles. The zero-order chi connectivity index (χ0) is 15.4. The van der Waals surface area contributed by atoms with Gasteiger partial charge in [-0.05, 0) is 76.7 Å². The first-order valence-corrected chi connectivity index (χ1v) is 8.20. The highest BCUT2D eigenvalue weighted by molar-refractivity contribution is 5.30. The molecule has 21 heavy (non-hydrogen) atoms.